The topological polar surface area (TPSA) is 66.5 Å². The maximum Gasteiger partial charge on any atom is 0.255 e. The number of carbonyl (C=O) groups is 1. The Kier molecular flexibility index (Phi) is 6.01. The monoisotopic (exact) mass is 410 g/mol. The molecular formula is C17H19BrN2O3S. The van der Waals surface area contributed by atoms with E-state index in [0.717, 1.165) is 4.47 Å². The molecule has 2 aromatic rings. The van der Waals surface area contributed by atoms with Gasteiger partial charge in [-0.25, -0.2) is 8.42 Å². The van der Waals surface area contributed by atoms with E-state index in [-0.39, 0.29) is 11.7 Å². The Morgan fingerprint density at radius 1 is 1.04 bits per heavy atom. The van der Waals surface area contributed by atoms with Gasteiger partial charge in [-0.3, -0.25) is 9.10 Å². The van der Waals surface area contributed by atoms with Crippen LogP contribution in [0, 0.1) is 0 Å². The molecule has 128 valence electrons. The number of hydrogen-bond acceptors (Lipinski definition) is 3. The van der Waals surface area contributed by atoms with Crippen molar-refractivity contribution < 1.29 is 13.2 Å². The summed E-state index contributed by atoms with van der Waals surface area (Å²) in [4.78, 5) is 12.2. The van der Waals surface area contributed by atoms with Gasteiger partial charge in [0.15, 0.2) is 0 Å². The van der Waals surface area contributed by atoms with Crippen LogP contribution < -0.4 is 9.62 Å². The van der Waals surface area contributed by atoms with Gasteiger partial charge in [-0.15, -0.1) is 0 Å². The van der Waals surface area contributed by atoms with Crippen LogP contribution >= 0.6 is 15.9 Å². The summed E-state index contributed by atoms with van der Waals surface area (Å²) in [5.74, 6) is -0.211. The number of carbonyl (C=O) groups excluding carboxylic acids is 1. The van der Waals surface area contributed by atoms with Gasteiger partial charge in [0.2, 0.25) is 10.0 Å². The summed E-state index contributed by atoms with van der Waals surface area (Å²) in [6.45, 7) is 3.74. The molecule has 0 atom stereocenters. The first kappa shape index (κ1) is 18.5. The predicted octanol–water partition coefficient (Wildman–Crippen LogP) is 3.88. The van der Waals surface area contributed by atoms with Crippen molar-refractivity contribution >= 4 is 43.2 Å². The van der Waals surface area contributed by atoms with Gasteiger partial charge in [0.25, 0.3) is 5.91 Å². The van der Waals surface area contributed by atoms with Gasteiger partial charge in [0.1, 0.15) is 0 Å². The third kappa shape index (κ3) is 4.36. The minimum Gasteiger partial charge on any atom is -0.322 e. The molecule has 0 aliphatic heterocycles. The zero-order valence-electron chi connectivity index (χ0n) is 13.5. The highest BCUT2D eigenvalue weighted by Crippen LogP contribution is 2.20. The third-order valence-electron chi connectivity index (χ3n) is 3.51. The summed E-state index contributed by atoms with van der Waals surface area (Å²) in [5.41, 5.74) is 1.71. The lowest BCUT2D eigenvalue weighted by atomic mass is 10.2. The van der Waals surface area contributed by atoms with E-state index in [1.54, 1.807) is 50.2 Å². The summed E-state index contributed by atoms with van der Waals surface area (Å²) in [6.07, 6.45) is 0. The standard InChI is InChI=1S/C17H19BrN2O3S/c1-3-20(24(22,23)4-2)16-11-5-13(6-12-16)17(21)19-15-9-7-14(18)8-10-15/h5-12H,3-4H2,1-2H3,(H,19,21). The van der Waals surface area contributed by atoms with Crippen LogP contribution in [0.2, 0.25) is 0 Å². The fraction of sp³-hybridized carbons (Fsp3) is 0.235. The maximum atomic E-state index is 12.2. The molecule has 0 aromatic heterocycles. The molecule has 0 bridgehead atoms. The van der Waals surface area contributed by atoms with Crippen LogP contribution in [0.15, 0.2) is 53.0 Å². The third-order valence-corrected chi connectivity index (χ3v) is 5.91. The van der Waals surface area contributed by atoms with Crippen LogP contribution in [0.5, 0.6) is 0 Å². The van der Waals surface area contributed by atoms with Gasteiger partial charge in [-0.05, 0) is 62.4 Å². The summed E-state index contributed by atoms with van der Waals surface area (Å²) in [7, 11) is -3.32. The van der Waals surface area contributed by atoms with Crippen LogP contribution in [-0.2, 0) is 10.0 Å². The first-order valence-corrected chi connectivity index (χ1v) is 9.95. The van der Waals surface area contributed by atoms with Crippen LogP contribution in [0.4, 0.5) is 11.4 Å². The van der Waals surface area contributed by atoms with E-state index in [4.69, 9.17) is 0 Å². The molecular weight excluding hydrogens is 392 g/mol. The molecule has 2 aromatic carbocycles. The van der Waals surface area contributed by atoms with Crippen LogP contribution in [-0.4, -0.2) is 26.6 Å². The van der Waals surface area contributed by atoms with Gasteiger partial charge >= 0.3 is 0 Å². The van der Waals surface area contributed by atoms with Crippen molar-refractivity contribution in [1.29, 1.82) is 0 Å². The Labute approximate surface area is 150 Å². The average molecular weight is 411 g/mol. The molecule has 0 unspecified atom stereocenters. The molecule has 1 N–H and O–H groups in total. The van der Waals surface area contributed by atoms with E-state index < -0.39 is 10.0 Å². The Hall–Kier alpha value is -1.86. The van der Waals surface area contributed by atoms with E-state index >= 15 is 0 Å². The number of hydrogen-bond donors (Lipinski definition) is 1. The Morgan fingerprint density at radius 3 is 2.12 bits per heavy atom. The Morgan fingerprint density at radius 2 is 1.62 bits per heavy atom. The second-order valence-corrected chi connectivity index (χ2v) is 8.17. The molecule has 2 rings (SSSR count). The molecule has 5 nitrogen and oxygen atoms in total. The quantitative estimate of drug-likeness (QED) is 0.785. The molecule has 0 aliphatic carbocycles. The zero-order chi connectivity index (χ0) is 17.7. The molecule has 0 spiro atoms. The molecule has 0 saturated carbocycles. The number of nitrogens with zero attached hydrogens (tertiary/aromatic N) is 1. The SMILES string of the molecule is CCN(c1ccc(C(=O)Nc2ccc(Br)cc2)cc1)S(=O)(=O)CC. The maximum absolute atomic E-state index is 12.2. The second kappa shape index (κ2) is 7.81. The van der Waals surface area contributed by atoms with Crippen LogP contribution in [0.1, 0.15) is 24.2 Å². The van der Waals surface area contributed by atoms with Gasteiger partial charge in [-0.2, -0.15) is 0 Å². The second-order valence-electron chi connectivity index (χ2n) is 5.07. The highest BCUT2D eigenvalue weighted by Gasteiger charge is 2.18. The summed E-state index contributed by atoms with van der Waals surface area (Å²) < 4.78 is 26.4. The molecule has 24 heavy (non-hydrogen) atoms. The van der Waals surface area contributed by atoms with Crippen LogP contribution in [0.25, 0.3) is 0 Å². The highest BCUT2D eigenvalue weighted by atomic mass is 79.9. The minimum atomic E-state index is -3.32. The Bertz CT molecular complexity index is 803. The fourth-order valence-electron chi connectivity index (χ4n) is 2.21. The number of rotatable bonds is 6. The van der Waals surface area contributed by atoms with Crippen molar-refractivity contribution in [3.05, 3.63) is 58.6 Å². The first-order valence-electron chi connectivity index (χ1n) is 7.54. The highest BCUT2D eigenvalue weighted by molar-refractivity contribution is 9.10. The number of amides is 1. The van der Waals surface area contributed by atoms with Crippen molar-refractivity contribution in [3.63, 3.8) is 0 Å². The lowest BCUT2D eigenvalue weighted by Crippen LogP contribution is -2.32. The predicted molar refractivity (Wildman–Crippen MR) is 101 cm³/mol. The lowest BCUT2D eigenvalue weighted by molar-refractivity contribution is 0.102. The van der Waals surface area contributed by atoms with Crippen molar-refractivity contribution in [1.82, 2.24) is 0 Å². The first-order chi connectivity index (χ1) is 11.4. The normalized spacial score (nSPS) is 11.1. The van der Waals surface area contributed by atoms with Crippen LogP contribution in [0.3, 0.4) is 0 Å². The largest absolute Gasteiger partial charge is 0.322 e. The van der Waals surface area contributed by atoms with E-state index in [2.05, 4.69) is 21.2 Å². The summed E-state index contributed by atoms with van der Waals surface area (Å²) in [5, 5.41) is 2.80. The molecule has 0 heterocycles. The molecule has 0 radical (unpaired) electrons. The van der Waals surface area contributed by atoms with Gasteiger partial charge in [0.05, 0.1) is 11.4 Å². The Balaban J connectivity index is 2.16. The molecule has 1 amide bonds. The lowest BCUT2D eigenvalue weighted by Gasteiger charge is -2.22. The number of sulfonamides is 1. The van der Waals surface area contributed by atoms with Gasteiger partial charge in [-0.1, -0.05) is 15.9 Å². The minimum absolute atomic E-state index is 0.0344. The average Bonchev–Trinajstić information content (AvgIpc) is 2.58. The molecule has 0 saturated heterocycles. The number of halogens is 1. The number of anilines is 2. The van der Waals surface area contributed by atoms with Crippen molar-refractivity contribution in [3.8, 4) is 0 Å². The zero-order valence-corrected chi connectivity index (χ0v) is 15.9. The number of nitrogens with one attached hydrogen (secondary N) is 1. The molecule has 7 heteroatoms. The smallest absolute Gasteiger partial charge is 0.255 e. The molecule has 0 aliphatic rings. The van der Waals surface area contributed by atoms with Crippen molar-refractivity contribution in [2.24, 2.45) is 0 Å². The van der Waals surface area contributed by atoms with Crippen molar-refractivity contribution in [2.75, 3.05) is 21.9 Å². The van der Waals surface area contributed by atoms with E-state index in [0.29, 0.717) is 23.5 Å². The van der Waals surface area contributed by atoms with Gasteiger partial charge in [0, 0.05) is 22.3 Å². The fourth-order valence-corrected chi connectivity index (χ4v) is 3.62. The number of benzene rings is 2. The summed E-state index contributed by atoms with van der Waals surface area (Å²) in [6, 6.07) is 13.8. The van der Waals surface area contributed by atoms with E-state index in [9.17, 15) is 13.2 Å². The summed E-state index contributed by atoms with van der Waals surface area (Å²) >= 11 is 3.34. The van der Waals surface area contributed by atoms with E-state index in [1.807, 2.05) is 12.1 Å². The molecule has 0 fully saturated rings. The van der Waals surface area contributed by atoms with Gasteiger partial charge < -0.3 is 5.32 Å². The van der Waals surface area contributed by atoms with E-state index in [1.165, 1.54) is 4.31 Å². The van der Waals surface area contributed by atoms with Crippen molar-refractivity contribution in [2.45, 2.75) is 13.8 Å².